The van der Waals surface area contributed by atoms with Crippen LogP contribution in [0.1, 0.15) is 36.0 Å². The molecule has 0 heterocycles. The fourth-order valence-electron chi connectivity index (χ4n) is 2.54. The van der Waals surface area contributed by atoms with Crippen molar-refractivity contribution in [1.82, 2.24) is 0 Å². The van der Waals surface area contributed by atoms with Crippen molar-refractivity contribution in [2.75, 3.05) is 17.7 Å². The van der Waals surface area contributed by atoms with Gasteiger partial charge in [-0.3, -0.25) is 0 Å². The van der Waals surface area contributed by atoms with Crippen molar-refractivity contribution in [2.24, 2.45) is 0 Å². The molecule has 0 radical (unpaired) electrons. The van der Waals surface area contributed by atoms with Gasteiger partial charge < -0.3 is 15.7 Å². The average molecular weight is 252 g/mol. The fourth-order valence-corrected chi connectivity index (χ4v) is 2.54. The molecule has 0 unspecified atom stereocenters. The molecule has 98 valence electrons. The smallest absolute Gasteiger partial charge is 0.338 e. The van der Waals surface area contributed by atoms with E-state index in [1.807, 2.05) is 11.9 Å². The molecule has 0 spiro atoms. The Morgan fingerprint density at radius 2 is 2.06 bits per heavy atom. The highest BCUT2D eigenvalue weighted by Crippen LogP contribution is 2.32. The maximum atomic E-state index is 13.7. The Morgan fingerprint density at radius 1 is 1.44 bits per heavy atom. The Bertz CT molecular complexity index is 470. The van der Waals surface area contributed by atoms with E-state index in [1.165, 1.54) is 25.0 Å². The van der Waals surface area contributed by atoms with Gasteiger partial charge in [-0.05, 0) is 18.9 Å². The van der Waals surface area contributed by atoms with Gasteiger partial charge in [0.05, 0.1) is 16.9 Å². The second-order valence-corrected chi connectivity index (χ2v) is 4.75. The van der Waals surface area contributed by atoms with Crippen molar-refractivity contribution in [1.29, 1.82) is 0 Å². The minimum Gasteiger partial charge on any atom is -0.478 e. The molecular weight excluding hydrogens is 235 g/mol. The van der Waals surface area contributed by atoms with Gasteiger partial charge in [0.1, 0.15) is 5.82 Å². The van der Waals surface area contributed by atoms with Gasteiger partial charge in [0.2, 0.25) is 0 Å². The molecule has 1 aliphatic carbocycles. The van der Waals surface area contributed by atoms with Crippen molar-refractivity contribution < 1.29 is 14.3 Å². The van der Waals surface area contributed by atoms with Gasteiger partial charge in [0.25, 0.3) is 0 Å². The number of anilines is 2. The Hall–Kier alpha value is -1.78. The lowest BCUT2D eigenvalue weighted by Crippen LogP contribution is -2.29. The van der Waals surface area contributed by atoms with E-state index < -0.39 is 11.8 Å². The summed E-state index contributed by atoms with van der Waals surface area (Å²) < 4.78 is 13.7. The molecule has 1 aromatic rings. The first kappa shape index (κ1) is 12.7. The van der Waals surface area contributed by atoms with E-state index in [1.54, 1.807) is 0 Å². The molecule has 0 aliphatic heterocycles. The molecule has 0 aromatic heterocycles. The topological polar surface area (TPSA) is 66.6 Å². The first-order valence-corrected chi connectivity index (χ1v) is 6.06. The zero-order valence-electron chi connectivity index (χ0n) is 10.3. The summed E-state index contributed by atoms with van der Waals surface area (Å²) in [6, 6.07) is 2.78. The number of hydrogen-bond acceptors (Lipinski definition) is 3. The number of nitrogens with two attached hydrogens (primary N) is 1. The SMILES string of the molecule is CN(c1cc(F)c(C(=O)O)cc1N)C1CCCC1. The molecule has 0 atom stereocenters. The monoisotopic (exact) mass is 252 g/mol. The molecule has 0 saturated heterocycles. The van der Waals surface area contributed by atoms with E-state index in [9.17, 15) is 9.18 Å². The third-order valence-corrected chi connectivity index (χ3v) is 3.60. The minimum absolute atomic E-state index is 0.309. The van der Waals surface area contributed by atoms with Gasteiger partial charge in [-0.25, -0.2) is 9.18 Å². The van der Waals surface area contributed by atoms with E-state index in [0.717, 1.165) is 12.8 Å². The van der Waals surface area contributed by atoms with Crippen LogP contribution in [0, 0.1) is 5.82 Å². The van der Waals surface area contributed by atoms with Gasteiger partial charge in [0, 0.05) is 19.2 Å². The van der Waals surface area contributed by atoms with E-state index in [2.05, 4.69) is 0 Å². The Morgan fingerprint density at radius 3 is 2.61 bits per heavy atom. The predicted molar refractivity (Wildman–Crippen MR) is 68.4 cm³/mol. The summed E-state index contributed by atoms with van der Waals surface area (Å²) >= 11 is 0. The van der Waals surface area contributed by atoms with Crippen LogP contribution in [0.25, 0.3) is 0 Å². The van der Waals surface area contributed by atoms with E-state index in [0.29, 0.717) is 17.4 Å². The third kappa shape index (κ3) is 2.25. The van der Waals surface area contributed by atoms with Crippen LogP contribution in [-0.2, 0) is 0 Å². The fraction of sp³-hybridized carbons (Fsp3) is 0.462. The Kier molecular flexibility index (Phi) is 3.41. The Balaban J connectivity index is 2.33. The quantitative estimate of drug-likeness (QED) is 0.811. The number of nitrogens with zero attached hydrogens (tertiary/aromatic N) is 1. The van der Waals surface area contributed by atoms with E-state index in [-0.39, 0.29) is 5.56 Å². The number of carboxylic acid groups (broad SMARTS) is 1. The summed E-state index contributed by atoms with van der Waals surface area (Å²) in [4.78, 5) is 12.8. The molecule has 18 heavy (non-hydrogen) atoms. The molecule has 4 nitrogen and oxygen atoms in total. The number of benzene rings is 1. The van der Waals surface area contributed by atoms with Crippen molar-refractivity contribution >= 4 is 17.3 Å². The van der Waals surface area contributed by atoms with Crippen LogP contribution >= 0.6 is 0 Å². The van der Waals surface area contributed by atoms with Gasteiger partial charge in [-0.1, -0.05) is 12.8 Å². The molecule has 2 rings (SSSR count). The molecule has 3 N–H and O–H groups in total. The van der Waals surface area contributed by atoms with Gasteiger partial charge in [0.15, 0.2) is 0 Å². The van der Waals surface area contributed by atoms with Crippen LogP contribution in [0.2, 0.25) is 0 Å². The van der Waals surface area contributed by atoms with Crippen molar-refractivity contribution in [3.8, 4) is 0 Å². The molecule has 0 bridgehead atoms. The number of aromatic carboxylic acids is 1. The molecule has 1 aromatic carbocycles. The van der Waals surface area contributed by atoms with Crippen LogP contribution in [0.5, 0.6) is 0 Å². The van der Waals surface area contributed by atoms with E-state index in [4.69, 9.17) is 10.8 Å². The molecule has 1 fully saturated rings. The van der Waals surface area contributed by atoms with Gasteiger partial charge in [-0.2, -0.15) is 0 Å². The maximum absolute atomic E-state index is 13.7. The van der Waals surface area contributed by atoms with Crippen molar-refractivity contribution in [3.63, 3.8) is 0 Å². The van der Waals surface area contributed by atoms with Crippen LogP contribution in [0.3, 0.4) is 0 Å². The number of rotatable bonds is 3. The highest BCUT2D eigenvalue weighted by molar-refractivity contribution is 5.91. The molecule has 1 aliphatic rings. The van der Waals surface area contributed by atoms with Crippen LogP contribution in [-0.4, -0.2) is 24.2 Å². The summed E-state index contributed by atoms with van der Waals surface area (Å²) in [6.07, 6.45) is 4.48. The van der Waals surface area contributed by atoms with Crippen LogP contribution in [0.15, 0.2) is 12.1 Å². The minimum atomic E-state index is -1.30. The first-order valence-electron chi connectivity index (χ1n) is 6.06. The third-order valence-electron chi connectivity index (χ3n) is 3.60. The number of carboxylic acids is 1. The van der Waals surface area contributed by atoms with Crippen molar-refractivity contribution in [3.05, 3.63) is 23.5 Å². The van der Waals surface area contributed by atoms with E-state index >= 15 is 0 Å². The van der Waals surface area contributed by atoms with Gasteiger partial charge >= 0.3 is 5.97 Å². The maximum Gasteiger partial charge on any atom is 0.338 e. The predicted octanol–water partition coefficient (Wildman–Crippen LogP) is 2.48. The Labute approximate surface area is 105 Å². The molecule has 0 amide bonds. The number of halogens is 1. The second kappa shape index (κ2) is 4.84. The zero-order valence-corrected chi connectivity index (χ0v) is 10.3. The normalized spacial score (nSPS) is 15.9. The van der Waals surface area contributed by atoms with Gasteiger partial charge in [-0.15, -0.1) is 0 Å². The summed E-state index contributed by atoms with van der Waals surface area (Å²) in [7, 11) is 1.88. The highest BCUT2D eigenvalue weighted by Gasteiger charge is 2.23. The molecular formula is C13H17FN2O2. The molecule has 5 heteroatoms. The average Bonchev–Trinajstić information content (AvgIpc) is 2.84. The van der Waals surface area contributed by atoms with Crippen molar-refractivity contribution in [2.45, 2.75) is 31.7 Å². The second-order valence-electron chi connectivity index (χ2n) is 4.75. The summed E-state index contributed by atoms with van der Waals surface area (Å²) in [5.41, 5.74) is 6.33. The lowest BCUT2D eigenvalue weighted by Gasteiger charge is -2.28. The lowest BCUT2D eigenvalue weighted by molar-refractivity contribution is 0.0692. The zero-order chi connectivity index (χ0) is 13.3. The summed E-state index contributed by atoms with van der Waals surface area (Å²) in [5, 5.41) is 8.82. The number of nitrogen functional groups attached to an aromatic ring is 1. The van der Waals surface area contributed by atoms with Crippen LogP contribution in [0.4, 0.5) is 15.8 Å². The number of carbonyl (C=O) groups is 1. The lowest BCUT2D eigenvalue weighted by atomic mass is 10.1. The summed E-state index contributed by atoms with van der Waals surface area (Å²) in [5.74, 6) is -2.04. The largest absolute Gasteiger partial charge is 0.478 e. The number of hydrogen-bond donors (Lipinski definition) is 2. The summed E-state index contributed by atoms with van der Waals surface area (Å²) in [6.45, 7) is 0. The first-order chi connectivity index (χ1) is 8.50. The highest BCUT2D eigenvalue weighted by atomic mass is 19.1. The van der Waals surface area contributed by atoms with Crippen LogP contribution < -0.4 is 10.6 Å². The standard InChI is InChI=1S/C13H17FN2O2/c1-16(8-4-2-3-5-8)12-7-10(14)9(13(17)18)6-11(12)15/h6-8H,2-5,15H2,1H3,(H,17,18). The molecule has 1 saturated carbocycles.